The fourth-order valence-electron chi connectivity index (χ4n) is 2.78. The highest BCUT2D eigenvalue weighted by molar-refractivity contribution is 5.72. The molecule has 110 valence electrons. The Morgan fingerprint density at radius 3 is 2.65 bits per heavy atom. The van der Waals surface area contributed by atoms with Gasteiger partial charge in [-0.2, -0.15) is 0 Å². The average molecular weight is 279 g/mol. The van der Waals surface area contributed by atoms with E-state index in [-0.39, 0.29) is 17.7 Å². The van der Waals surface area contributed by atoms with Gasteiger partial charge in [0.1, 0.15) is 5.82 Å². The monoisotopic (exact) mass is 279 g/mol. The summed E-state index contributed by atoms with van der Waals surface area (Å²) >= 11 is 0. The Labute approximate surface area is 119 Å². The quantitative estimate of drug-likeness (QED) is 0.861. The number of halogens is 1. The first-order valence-electron chi connectivity index (χ1n) is 7.16. The molecule has 1 aliphatic carbocycles. The summed E-state index contributed by atoms with van der Waals surface area (Å²) in [4.78, 5) is 11.4. The molecule has 3 nitrogen and oxygen atoms in total. The molecule has 0 spiro atoms. The Morgan fingerprint density at radius 1 is 1.35 bits per heavy atom. The van der Waals surface area contributed by atoms with E-state index in [1.807, 2.05) is 12.1 Å². The Balaban J connectivity index is 1.78. The molecule has 1 N–H and O–H groups in total. The first-order chi connectivity index (χ1) is 9.60. The molecule has 4 heteroatoms. The minimum absolute atomic E-state index is 0.0612. The van der Waals surface area contributed by atoms with E-state index in [0.29, 0.717) is 11.6 Å². The maximum atomic E-state index is 13.2. The second kappa shape index (κ2) is 6.84. The topological polar surface area (TPSA) is 38.3 Å². The van der Waals surface area contributed by atoms with Crippen molar-refractivity contribution in [3.63, 3.8) is 0 Å². The third kappa shape index (κ3) is 3.79. The van der Waals surface area contributed by atoms with Crippen LogP contribution in [0.4, 0.5) is 4.39 Å². The van der Waals surface area contributed by atoms with Crippen LogP contribution in [0.3, 0.4) is 0 Å². The predicted molar refractivity (Wildman–Crippen MR) is 75.7 cm³/mol. The van der Waals surface area contributed by atoms with E-state index in [0.717, 1.165) is 37.8 Å². The lowest BCUT2D eigenvalue weighted by molar-refractivity contribution is -0.146. The predicted octanol–water partition coefficient (Wildman–Crippen LogP) is 2.96. The van der Waals surface area contributed by atoms with Crippen molar-refractivity contribution >= 4 is 5.97 Å². The number of benzene rings is 1. The highest BCUT2D eigenvalue weighted by Crippen LogP contribution is 2.25. The van der Waals surface area contributed by atoms with Crippen molar-refractivity contribution < 1.29 is 13.9 Å². The lowest BCUT2D eigenvalue weighted by Crippen LogP contribution is -2.34. The van der Waals surface area contributed by atoms with Crippen LogP contribution >= 0.6 is 0 Å². The molecule has 1 fully saturated rings. The van der Waals surface area contributed by atoms with Crippen molar-refractivity contribution in [1.82, 2.24) is 5.32 Å². The number of methoxy groups -OCH3 is 1. The molecule has 0 atom stereocenters. The molecule has 2 rings (SSSR count). The van der Waals surface area contributed by atoms with Crippen LogP contribution in [-0.4, -0.2) is 19.1 Å². The fraction of sp³-hybridized carbons (Fsp3) is 0.562. The summed E-state index contributed by atoms with van der Waals surface area (Å²) in [5.74, 6) is -0.184. The molecule has 0 amide bonds. The Morgan fingerprint density at radius 2 is 2.05 bits per heavy atom. The number of carbonyl (C=O) groups is 1. The normalized spacial score (nSPS) is 22.6. The summed E-state index contributed by atoms with van der Waals surface area (Å²) in [6, 6.07) is 5.64. The van der Waals surface area contributed by atoms with Crippen molar-refractivity contribution in [2.75, 3.05) is 7.11 Å². The summed E-state index contributed by atoms with van der Waals surface area (Å²) in [5, 5.41) is 3.49. The van der Waals surface area contributed by atoms with Crippen molar-refractivity contribution in [2.24, 2.45) is 5.92 Å². The summed E-state index contributed by atoms with van der Waals surface area (Å²) in [5.41, 5.74) is 1.78. The maximum Gasteiger partial charge on any atom is 0.308 e. The number of ether oxygens (including phenoxy) is 1. The van der Waals surface area contributed by atoms with Gasteiger partial charge in [-0.3, -0.25) is 4.79 Å². The van der Waals surface area contributed by atoms with Gasteiger partial charge in [0.25, 0.3) is 0 Å². The molecule has 1 saturated carbocycles. The Hall–Kier alpha value is -1.42. The smallest absolute Gasteiger partial charge is 0.308 e. The second-order valence-corrected chi connectivity index (χ2v) is 5.54. The average Bonchev–Trinajstić information content (AvgIpc) is 2.48. The molecule has 0 unspecified atom stereocenters. The first-order valence-corrected chi connectivity index (χ1v) is 7.16. The van der Waals surface area contributed by atoms with Crippen molar-refractivity contribution in [3.8, 4) is 0 Å². The number of hydrogen-bond acceptors (Lipinski definition) is 3. The zero-order valence-corrected chi connectivity index (χ0v) is 12.1. The molecule has 1 aliphatic rings. The van der Waals surface area contributed by atoms with Gasteiger partial charge in [-0.25, -0.2) is 4.39 Å². The largest absolute Gasteiger partial charge is 0.469 e. The summed E-state index contributed by atoms with van der Waals surface area (Å²) in [6.07, 6.45) is 3.74. The zero-order valence-electron chi connectivity index (χ0n) is 12.1. The van der Waals surface area contributed by atoms with Gasteiger partial charge in [0, 0.05) is 12.6 Å². The summed E-state index contributed by atoms with van der Waals surface area (Å²) in [7, 11) is 1.45. The number of nitrogens with one attached hydrogen (secondary N) is 1. The number of rotatable bonds is 4. The molecule has 0 aliphatic heterocycles. The molecular formula is C16H22FNO2. The van der Waals surface area contributed by atoms with Gasteiger partial charge in [-0.1, -0.05) is 12.1 Å². The third-order valence-electron chi connectivity index (χ3n) is 4.08. The second-order valence-electron chi connectivity index (χ2n) is 5.54. The summed E-state index contributed by atoms with van der Waals surface area (Å²) < 4.78 is 18.0. The van der Waals surface area contributed by atoms with Crippen molar-refractivity contribution in [2.45, 2.75) is 45.2 Å². The van der Waals surface area contributed by atoms with Crippen LogP contribution in [0, 0.1) is 18.7 Å². The van der Waals surface area contributed by atoms with Crippen LogP contribution in [0.2, 0.25) is 0 Å². The van der Waals surface area contributed by atoms with Gasteiger partial charge in [0.2, 0.25) is 0 Å². The van der Waals surface area contributed by atoms with Crippen LogP contribution in [0.15, 0.2) is 18.2 Å². The molecule has 1 aromatic rings. The molecule has 0 radical (unpaired) electrons. The SMILES string of the molecule is COC(=O)C1CCC(NCc2ccc(F)c(C)c2)CC1. The van der Waals surface area contributed by atoms with Crippen LogP contribution in [-0.2, 0) is 16.1 Å². The molecular weight excluding hydrogens is 257 g/mol. The standard InChI is InChI=1S/C16H22FNO2/c1-11-9-12(3-8-15(11)17)10-18-14-6-4-13(5-7-14)16(19)20-2/h3,8-9,13-14,18H,4-7,10H2,1-2H3. The van der Waals surface area contributed by atoms with E-state index < -0.39 is 0 Å². The summed E-state index contributed by atoms with van der Waals surface area (Å²) in [6.45, 7) is 2.52. The van der Waals surface area contributed by atoms with Crippen LogP contribution in [0.5, 0.6) is 0 Å². The molecule has 0 bridgehead atoms. The van der Waals surface area contributed by atoms with Gasteiger partial charge >= 0.3 is 5.97 Å². The lowest BCUT2D eigenvalue weighted by atomic mass is 9.86. The first kappa shape index (κ1) is 15.0. The van der Waals surface area contributed by atoms with Crippen LogP contribution in [0.1, 0.15) is 36.8 Å². The van der Waals surface area contributed by atoms with Gasteiger partial charge in [-0.15, -0.1) is 0 Å². The highest BCUT2D eigenvalue weighted by atomic mass is 19.1. The number of aryl methyl sites for hydroxylation is 1. The van der Waals surface area contributed by atoms with Gasteiger partial charge in [0.15, 0.2) is 0 Å². The van der Waals surface area contributed by atoms with Gasteiger partial charge in [-0.05, 0) is 49.8 Å². The minimum atomic E-state index is -0.160. The minimum Gasteiger partial charge on any atom is -0.469 e. The van der Waals surface area contributed by atoms with Crippen molar-refractivity contribution in [3.05, 3.63) is 35.1 Å². The number of carbonyl (C=O) groups excluding carboxylic acids is 1. The van der Waals surface area contributed by atoms with E-state index in [1.165, 1.54) is 13.2 Å². The molecule has 20 heavy (non-hydrogen) atoms. The third-order valence-corrected chi connectivity index (χ3v) is 4.08. The van der Waals surface area contributed by atoms with E-state index in [9.17, 15) is 9.18 Å². The van der Waals surface area contributed by atoms with E-state index >= 15 is 0 Å². The van der Waals surface area contributed by atoms with Gasteiger partial charge in [0.05, 0.1) is 13.0 Å². The van der Waals surface area contributed by atoms with Crippen LogP contribution < -0.4 is 5.32 Å². The molecule has 0 heterocycles. The van der Waals surface area contributed by atoms with E-state index in [2.05, 4.69) is 5.32 Å². The van der Waals surface area contributed by atoms with E-state index in [4.69, 9.17) is 4.74 Å². The van der Waals surface area contributed by atoms with E-state index in [1.54, 1.807) is 6.92 Å². The van der Waals surface area contributed by atoms with Gasteiger partial charge < -0.3 is 10.1 Å². The Kier molecular flexibility index (Phi) is 5.12. The lowest BCUT2D eigenvalue weighted by Gasteiger charge is -2.27. The fourth-order valence-corrected chi connectivity index (χ4v) is 2.78. The molecule has 0 saturated heterocycles. The molecule has 0 aromatic heterocycles. The molecule has 1 aromatic carbocycles. The number of hydrogen-bond donors (Lipinski definition) is 1. The zero-order chi connectivity index (χ0) is 14.5. The number of esters is 1. The highest BCUT2D eigenvalue weighted by Gasteiger charge is 2.26. The van der Waals surface area contributed by atoms with Crippen LogP contribution in [0.25, 0.3) is 0 Å². The van der Waals surface area contributed by atoms with Crippen molar-refractivity contribution in [1.29, 1.82) is 0 Å². The Bertz CT molecular complexity index is 468. The maximum absolute atomic E-state index is 13.2.